The first-order chi connectivity index (χ1) is 19.4. The van der Waals surface area contributed by atoms with Crippen LogP contribution in [0.4, 0.5) is 5.69 Å². The van der Waals surface area contributed by atoms with Crippen LogP contribution in [0.25, 0.3) is 0 Å². The van der Waals surface area contributed by atoms with Crippen molar-refractivity contribution in [3.05, 3.63) is 46.7 Å². The molecule has 5 rings (SSSR count). The van der Waals surface area contributed by atoms with E-state index in [1.54, 1.807) is 0 Å². The molecule has 0 heterocycles. The maximum absolute atomic E-state index is 12.5. The molecule has 0 saturated heterocycles. The van der Waals surface area contributed by atoms with E-state index in [0.717, 1.165) is 56.7 Å². The number of carbonyl (C=O) groups excluding carboxylic acids is 1. The number of carboxylic acid groups (broad SMARTS) is 1. The summed E-state index contributed by atoms with van der Waals surface area (Å²) in [5.41, 5.74) is 2.10. The summed E-state index contributed by atoms with van der Waals surface area (Å²) in [6.07, 6.45) is 8.22. The minimum absolute atomic E-state index is 0.0320. The summed E-state index contributed by atoms with van der Waals surface area (Å²) < 4.78 is 0. The molecule has 3 saturated carbocycles. The molecule has 1 aromatic rings. The third-order valence-electron chi connectivity index (χ3n) is 10.6. The number of amides is 1. The molecule has 0 bridgehead atoms. The lowest BCUT2D eigenvalue weighted by molar-refractivity contribution is -0.146. The van der Waals surface area contributed by atoms with Gasteiger partial charge in [-0.25, -0.2) is 4.79 Å². The number of hydrogen-bond acceptors (Lipinski definition) is 9. The van der Waals surface area contributed by atoms with Crippen molar-refractivity contribution in [2.75, 3.05) is 11.8 Å². The molecule has 8 atom stereocenters. The molecule has 3 fully saturated rings. The van der Waals surface area contributed by atoms with Gasteiger partial charge in [-0.3, -0.25) is 10.0 Å². The summed E-state index contributed by atoms with van der Waals surface area (Å²) in [7, 11) is 0. The van der Waals surface area contributed by atoms with E-state index in [1.807, 2.05) is 0 Å². The molecule has 4 aliphatic carbocycles. The number of hydrogen-bond donors (Lipinski definition) is 5. The Balaban J connectivity index is 1.19. The fourth-order valence-electron chi connectivity index (χ4n) is 8.30. The summed E-state index contributed by atoms with van der Waals surface area (Å²) in [5.74, 6) is -0.447. The van der Waals surface area contributed by atoms with Crippen molar-refractivity contribution in [1.29, 1.82) is 0 Å². The second kappa shape index (κ2) is 11.4. The van der Waals surface area contributed by atoms with E-state index in [4.69, 9.17) is 10.0 Å². The molecule has 11 heteroatoms. The van der Waals surface area contributed by atoms with E-state index >= 15 is 0 Å². The molecule has 6 unspecified atom stereocenters. The van der Waals surface area contributed by atoms with Gasteiger partial charge in [-0.1, -0.05) is 36.7 Å². The lowest BCUT2D eigenvalue weighted by atomic mass is 9.47. The maximum Gasteiger partial charge on any atom is 0.329 e. The fourth-order valence-corrected chi connectivity index (χ4v) is 8.30. The molecular weight excluding hydrogens is 530 g/mol. The highest BCUT2D eigenvalue weighted by atomic mass is 16.8. The number of aliphatic hydroxyl groups excluding tert-OH is 2. The Morgan fingerprint density at radius 3 is 2.68 bits per heavy atom. The highest BCUT2D eigenvalue weighted by Crippen LogP contribution is 2.65. The van der Waals surface area contributed by atoms with Crippen LogP contribution < -0.4 is 10.5 Å². The van der Waals surface area contributed by atoms with Gasteiger partial charge in [-0.2, -0.15) is 0 Å². The first kappa shape index (κ1) is 29.5. The van der Waals surface area contributed by atoms with Gasteiger partial charge in [0.1, 0.15) is 6.10 Å². The van der Waals surface area contributed by atoms with Crippen LogP contribution in [0, 0.1) is 33.8 Å². The van der Waals surface area contributed by atoms with Crippen LogP contribution >= 0.6 is 0 Å². The predicted molar refractivity (Wildman–Crippen MR) is 150 cm³/mol. The highest BCUT2D eigenvalue weighted by molar-refractivity contribution is 5.96. The molecule has 224 valence electrons. The highest BCUT2D eigenvalue weighted by Gasteiger charge is 2.58. The van der Waals surface area contributed by atoms with Gasteiger partial charge in [0.2, 0.25) is 0 Å². The molecule has 0 spiro atoms. The van der Waals surface area contributed by atoms with Gasteiger partial charge in [-0.05, 0) is 104 Å². The van der Waals surface area contributed by atoms with Crippen LogP contribution in [-0.4, -0.2) is 56.9 Å². The minimum atomic E-state index is -1.71. The largest absolute Gasteiger partial charge is 0.733 e. The van der Waals surface area contributed by atoms with Crippen molar-refractivity contribution in [1.82, 2.24) is 5.32 Å². The molecule has 0 aliphatic heterocycles. The molecule has 11 nitrogen and oxygen atoms in total. The van der Waals surface area contributed by atoms with Crippen molar-refractivity contribution in [3.8, 4) is 0 Å². The van der Waals surface area contributed by atoms with E-state index in [1.165, 1.54) is 23.8 Å². The van der Waals surface area contributed by atoms with Gasteiger partial charge < -0.3 is 35.9 Å². The normalized spacial score (nSPS) is 34.9. The number of allylic oxidation sites excluding steroid dienone is 2. The summed E-state index contributed by atoms with van der Waals surface area (Å²) in [5, 5.41) is 57.0. The topological polar surface area (TPSA) is 175 Å². The number of fused-ring (bicyclic) bond motifs is 5. The summed E-state index contributed by atoms with van der Waals surface area (Å²) >= 11 is 0. The Labute approximate surface area is 239 Å². The van der Waals surface area contributed by atoms with Crippen LogP contribution in [0.1, 0.15) is 76.9 Å². The average Bonchev–Trinajstić information content (AvgIpc) is 3.25. The Kier molecular flexibility index (Phi) is 8.17. The van der Waals surface area contributed by atoms with Gasteiger partial charge in [0.25, 0.3) is 5.91 Å². The second-order valence-electron chi connectivity index (χ2n) is 12.7. The lowest BCUT2D eigenvalue weighted by Crippen LogP contribution is -2.51. The molecule has 41 heavy (non-hydrogen) atoms. The van der Waals surface area contributed by atoms with Crippen molar-refractivity contribution in [2.24, 2.45) is 33.7 Å². The SMILES string of the molecule is C[C@]12CCC3C(CCC4=CC(=NOCC(=O)NC(C(=O)O)C(O)c5cccc(N([O-])O)c5)CC[C@@]43C)C1CCC2O. The molecule has 5 N–H and O–H groups in total. The molecular formula is C30H40N3O8-. The van der Waals surface area contributed by atoms with Gasteiger partial charge in [0.15, 0.2) is 12.6 Å². The molecule has 1 amide bonds. The molecule has 0 radical (unpaired) electrons. The standard InChI is InChI=1S/C30H40N3O8/c1-29-12-10-19(15-18(29)6-7-21-22-8-9-24(34)30(22,2)13-11-23(21)29)32-41-16-25(35)31-26(28(37)38)27(36)17-4-3-5-20(14-17)33(39)40/h3-5,14-15,21-24,26-27,34,36,39H,6-13,16H2,1-2H3,(H,31,35)(H,37,38)/q-1/t21?,22?,23?,24?,26?,27?,29-,30-/m0/s1. The number of nitrogens with zero attached hydrogens (tertiary/aromatic N) is 2. The average molecular weight is 571 g/mol. The Bertz CT molecular complexity index is 1230. The predicted octanol–water partition coefficient (Wildman–Crippen LogP) is 3.68. The number of anilines is 1. The van der Waals surface area contributed by atoms with E-state index in [0.29, 0.717) is 24.2 Å². The Hall–Kier alpha value is -2.99. The third kappa shape index (κ3) is 5.48. The van der Waals surface area contributed by atoms with Crippen LogP contribution in [-0.2, 0) is 14.4 Å². The Morgan fingerprint density at radius 1 is 1.17 bits per heavy atom. The minimum Gasteiger partial charge on any atom is -0.733 e. The number of nitrogens with one attached hydrogen (secondary N) is 1. The first-order valence-electron chi connectivity index (χ1n) is 14.5. The zero-order valence-electron chi connectivity index (χ0n) is 23.5. The van der Waals surface area contributed by atoms with Crippen LogP contribution in [0.15, 0.2) is 41.1 Å². The number of oxime groups is 1. The lowest BCUT2D eigenvalue weighted by Gasteiger charge is -2.57. The van der Waals surface area contributed by atoms with E-state index < -0.39 is 35.9 Å². The fraction of sp³-hybridized carbons (Fsp3) is 0.633. The summed E-state index contributed by atoms with van der Waals surface area (Å²) in [6, 6.07) is 3.45. The quantitative estimate of drug-likeness (QED) is 0.292. The van der Waals surface area contributed by atoms with Crippen LogP contribution in [0.3, 0.4) is 0 Å². The monoisotopic (exact) mass is 570 g/mol. The zero-order valence-corrected chi connectivity index (χ0v) is 23.5. The molecule has 0 aromatic heterocycles. The number of benzene rings is 1. The number of carboxylic acids is 1. The van der Waals surface area contributed by atoms with Crippen molar-refractivity contribution < 1.29 is 35.0 Å². The second-order valence-corrected chi connectivity index (χ2v) is 12.7. The van der Waals surface area contributed by atoms with Gasteiger partial charge in [0.05, 0.1) is 17.5 Å². The van der Waals surface area contributed by atoms with Gasteiger partial charge in [-0.15, -0.1) is 0 Å². The smallest absolute Gasteiger partial charge is 0.329 e. The van der Waals surface area contributed by atoms with Crippen LogP contribution in [0.5, 0.6) is 0 Å². The van der Waals surface area contributed by atoms with Crippen molar-refractivity contribution in [3.63, 3.8) is 0 Å². The third-order valence-corrected chi connectivity index (χ3v) is 10.6. The first-order valence-corrected chi connectivity index (χ1v) is 14.5. The number of aliphatic carboxylic acids is 1. The van der Waals surface area contributed by atoms with Crippen molar-refractivity contribution in [2.45, 2.75) is 83.5 Å². The number of carbonyl (C=O) groups is 2. The van der Waals surface area contributed by atoms with E-state index in [-0.39, 0.29) is 28.2 Å². The van der Waals surface area contributed by atoms with Crippen LogP contribution in [0.2, 0.25) is 0 Å². The number of rotatable bonds is 8. The zero-order chi connectivity index (χ0) is 29.5. The number of aliphatic hydroxyl groups is 2. The Morgan fingerprint density at radius 2 is 1.95 bits per heavy atom. The van der Waals surface area contributed by atoms with E-state index in [2.05, 4.69) is 30.4 Å². The molecule has 1 aromatic carbocycles. The van der Waals surface area contributed by atoms with E-state index in [9.17, 15) is 30.1 Å². The summed E-state index contributed by atoms with van der Waals surface area (Å²) in [4.78, 5) is 29.5. The van der Waals surface area contributed by atoms with Gasteiger partial charge >= 0.3 is 5.97 Å². The maximum atomic E-state index is 12.5. The molecule has 4 aliphatic rings. The summed E-state index contributed by atoms with van der Waals surface area (Å²) in [6.45, 7) is 4.13. The van der Waals surface area contributed by atoms with Gasteiger partial charge in [0, 0.05) is 0 Å². The van der Waals surface area contributed by atoms with Crippen molar-refractivity contribution >= 4 is 23.3 Å².